The number of rotatable bonds is 6. The predicted molar refractivity (Wildman–Crippen MR) is 166 cm³/mol. The number of fused-ring (bicyclic) bond motifs is 1. The fourth-order valence-corrected chi connectivity index (χ4v) is 6.20. The first-order chi connectivity index (χ1) is 20.3. The number of carbonyl (C=O) groups excluding carboxylic acids is 1. The molecule has 1 amide bonds. The summed E-state index contributed by atoms with van der Waals surface area (Å²) in [6.45, 7) is 8.27. The Hall–Kier alpha value is -2.57. The maximum atomic E-state index is 13.7. The number of piperazine rings is 1. The van der Waals surface area contributed by atoms with Gasteiger partial charge in [0.15, 0.2) is 0 Å². The normalized spacial score (nSPS) is 21.7. The average Bonchev–Trinajstić information content (AvgIpc) is 2.94. The van der Waals surface area contributed by atoms with Crippen molar-refractivity contribution in [2.24, 2.45) is 0 Å². The minimum absolute atomic E-state index is 0. The van der Waals surface area contributed by atoms with Gasteiger partial charge in [-0.15, -0.1) is 24.8 Å². The Morgan fingerprint density at radius 2 is 1.33 bits per heavy atom. The van der Waals surface area contributed by atoms with Gasteiger partial charge in [-0.25, -0.2) is 0 Å². The first kappa shape index (κ1) is 36.9. The summed E-state index contributed by atoms with van der Waals surface area (Å²) in [5.74, 6) is -0.835. The van der Waals surface area contributed by atoms with Crippen LogP contribution in [0.15, 0.2) is 60.7 Å². The molecule has 0 aromatic heterocycles. The number of amides is 1. The Bertz CT molecular complexity index is 1410. The fraction of sp³-hybridized carbons (Fsp3) is 0.469. The van der Waals surface area contributed by atoms with E-state index in [0.29, 0.717) is 31.6 Å². The van der Waals surface area contributed by atoms with Crippen molar-refractivity contribution in [1.82, 2.24) is 14.7 Å². The van der Waals surface area contributed by atoms with E-state index < -0.39 is 41.0 Å². The van der Waals surface area contributed by atoms with Gasteiger partial charge < -0.3 is 9.64 Å². The minimum Gasteiger partial charge on any atom is -0.373 e. The first-order valence-corrected chi connectivity index (χ1v) is 14.4. The largest absolute Gasteiger partial charge is 0.416 e. The molecular formula is C32H37Cl2F6N3O2. The van der Waals surface area contributed by atoms with E-state index >= 15 is 0 Å². The smallest absolute Gasteiger partial charge is 0.373 e. The molecule has 2 aliphatic rings. The molecule has 5 nitrogen and oxygen atoms in total. The SMILES string of the molecule is CC1CN(CCN2CCN(C(=O)c3cc(C(F)(F)F)cc(C(F)(F)F)c3)[C@H](Cc3ccc4ccccc4c3)C2)CC(C)O1.Cl.Cl. The second-order valence-electron chi connectivity index (χ2n) is 11.7. The summed E-state index contributed by atoms with van der Waals surface area (Å²) in [5, 5.41) is 2.05. The molecule has 2 fully saturated rings. The molecule has 0 N–H and O–H groups in total. The average molecular weight is 681 g/mol. The fourth-order valence-electron chi connectivity index (χ4n) is 6.20. The van der Waals surface area contributed by atoms with Crippen LogP contribution in [-0.2, 0) is 23.5 Å². The summed E-state index contributed by atoms with van der Waals surface area (Å²) in [5.41, 5.74) is -2.68. The predicted octanol–water partition coefficient (Wildman–Crippen LogP) is 7.20. The van der Waals surface area contributed by atoms with Crippen molar-refractivity contribution in [1.29, 1.82) is 0 Å². The number of carbonyl (C=O) groups is 1. The molecule has 5 rings (SSSR count). The van der Waals surface area contributed by atoms with E-state index in [4.69, 9.17) is 4.74 Å². The zero-order valence-electron chi connectivity index (χ0n) is 24.9. The van der Waals surface area contributed by atoms with Crippen LogP contribution in [0.4, 0.5) is 26.3 Å². The van der Waals surface area contributed by atoms with Crippen LogP contribution in [0.25, 0.3) is 10.8 Å². The number of ether oxygens (including phenoxy) is 1. The Morgan fingerprint density at radius 3 is 1.93 bits per heavy atom. The Morgan fingerprint density at radius 1 is 0.756 bits per heavy atom. The molecule has 248 valence electrons. The van der Waals surface area contributed by atoms with Crippen molar-refractivity contribution in [2.45, 2.75) is 50.9 Å². The Kier molecular flexibility index (Phi) is 12.2. The lowest BCUT2D eigenvalue weighted by Crippen LogP contribution is -2.57. The number of morpholine rings is 1. The van der Waals surface area contributed by atoms with Gasteiger partial charge in [-0.3, -0.25) is 14.6 Å². The highest BCUT2D eigenvalue weighted by Gasteiger charge is 2.39. The maximum Gasteiger partial charge on any atom is 0.416 e. The molecule has 3 aromatic rings. The topological polar surface area (TPSA) is 36.0 Å². The van der Waals surface area contributed by atoms with Gasteiger partial charge in [-0.1, -0.05) is 42.5 Å². The number of benzene rings is 3. The Balaban J connectivity index is 0.00000276. The summed E-state index contributed by atoms with van der Waals surface area (Å²) >= 11 is 0. The van der Waals surface area contributed by atoms with E-state index in [0.717, 1.165) is 42.5 Å². The molecule has 3 atom stereocenters. The van der Waals surface area contributed by atoms with E-state index in [9.17, 15) is 31.1 Å². The van der Waals surface area contributed by atoms with Gasteiger partial charge in [0.1, 0.15) is 0 Å². The highest BCUT2D eigenvalue weighted by Crippen LogP contribution is 2.37. The quantitative estimate of drug-likeness (QED) is 0.258. The molecule has 0 saturated carbocycles. The summed E-state index contributed by atoms with van der Waals surface area (Å²) in [7, 11) is 0. The first-order valence-electron chi connectivity index (χ1n) is 14.4. The maximum absolute atomic E-state index is 13.7. The van der Waals surface area contributed by atoms with Gasteiger partial charge in [-0.2, -0.15) is 26.3 Å². The summed E-state index contributed by atoms with van der Waals surface area (Å²) in [4.78, 5) is 19.7. The molecule has 3 aromatic carbocycles. The Labute approximate surface area is 271 Å². The van der Waals surface area contributed by atoms with Crippen molar-refractivity contribution < 1.29 is 35.9 Å². The highest BCUT2D eigenvalue weighted by atomic mass is 35.5. The molecule has 0 aliphatic carbocycles. The number of hydrogen-bond acceptors (Lipinski definition) is 4. The monoisotopic (exact) mass is 679 g/mol. The van der Waals surface area contributed by atoms with Crippen LogP contribution in [-0.4, -0.2) is 84.7 Å². The third kappa shape index (κ3) is 9.25. The van der Waals surface area contributed by atoms with Crippen LogP contribution in [0.5, 0.6) is 0 Å². The lowest BCUT2D eigenvalue weighted by atomic mass is 9.97. The van der Waals surface area contributed by atoms with Crippen LogP contribution in [0.1, 0.15) is 40.9 Å². The van der Waals surface area contributed by atoms with Crippen LogP contribution in [0, 0.1) is 0 Å². The third-order valence-corrected chi connectivity index (χ3v) is 8.18. The van der Waals surface area contributed by atoms with Crippen LogP contribution < -0.4 is 0 Å². The second-order valence-corrected chi connectivity index (χ2v) is 11.7. The molecule has 2 aliphatic heterocycles. The van der Waals surface area contributed by atoms with E-state index in [1.807, 2.05) is 56.3 Å². The van der Waals surface area contributed by atoms with Gasteiger partial charge >= 0.3 is 12.4 Å². The molecule has 0 bridgehead atoms. The van der Waals surface area contributed by atoms with Crippen molar-refractivity contribution in [3.63, 3.8) is 0 Å². The van der Waals surface area contributed by atoms with E-state index in [1.165, 1.54) is 4.90 Å². The van der Waals surface area contributed by atoms with Crippen molar-refractivity contribution in [3.8, 4) is 0 Å². The lowest BCUT2D eigenvalue weighted by molar-refractivity contribution is -0.143. The van der Waals surface area contributed by atoms with E-state index in [2.05, 4.69) is 9.80 Å². The zero-order valence-corrected chi connectivity index (χ0v) is 26.5. The van der Waals surface area contributed by atoms with Gasteiger partial charge in [0.25, 0.3) is 5.91 Å². The lowest BCUT2D eigenvalue weighted by Gasteiger charge is -2.43. The zero-order chi connectivity index (χ0) is 30.9. The second kappa shape index (κ2) is 14.9. The van der Waals surface area contributed by atoms with Gasteiger partial charge in [-0.05, 0) is 54.8 Å². The van der Waals surface area contributed by atoms with Crippen molar-refractivity contribution in [2.75, 3.05) is 45.8 Å². The van der Waals surface area contributed by atoms with Crippen LogP contribution in [0.3, 0.4) is 0 Å². The number of nitrogens with zero attached hydrogens (tertiary/aromatic N) is 3. The molecule has 0 spiro atoms. The summed E-state index contributed by atoms with van der Waals surface area (Å²) < 4.78 is 87.2. The third-order valence-electron chi connectivity index (χ3n) is 8.18. The van der Waals surface area contributed by atoms with Crippen LogP contribution in [0.2, 0.25) is 0 Å². The molecule has 45 heavy (non-hydrogen) atoms. The molecule has 0 radical (unpaired) electrons. The molecular weight excluding hydrogens is 643 g/mol. The van der Waals surface area contributed by atoms with Crippen molar-refractivity contribution >= 4 is 41.5 Å². The summed E-state index contributed by atoms with van der Waals surface area (Å²) in [6.07, 6.45) is -9.42. The van der Waals surface area contributed by atoms with E-state index in [1.54, 1.807) is 0 Å². The molecule has 2 heterocycles. The van der Waals surface area contributed by atoms with Crippen molar-refractivity contribution in [3.05, 3.63) is 82.9 Å². The molecule has 2 unspecified atom stereocenters. The summed E-state index contributed by atoms with van der Waals surface area (Å²) in [6, 6.07) is 14.4. The standard InChI is InChI=1S/C32H35F6N3O2.2ClH/c1-21-18-40(19-22(2)43-21)10-9-39-11-12-41(29(20-39)14-23-7-8-24-5-3-4-6-25(24)13-23)30(42)26-15-27(31(33,34)35)17-28(16-26)32(36,37)38;;/h3-8,13,15-17,21-22,29H,9-12,14,18-20H2,1-2H3;2*1H/t21?,22?,29-;;/m1../s1. The van der Waals surface area contributed by atoms with Gasteiger partial charge in [0, 0.05) is 57.4 Å². The number of halogens is 8. The van der Waals surface area contributed by atoms with Crippen LogP contribution >= 0.6 is 24.8 Å². The van der Waals surface area contributed by atoms with Gasteiger partial charge in [0.05, 0.1) is 23.3 Å². The molecule has 13 heteroatoms. The van der Waals surface area contributed by atoms with E-state index in [-0.39, 0.29) is 49.6 Å². The number of alkyl halides is 6. The molecule has 2 saturated heterocycles. The minimum atomic E-state index is -5.03. The number of hydrogen-bond donors (Lipinski definition) is 0. The highest BCUT2D eigenvalue weighted by molar-refractivity contribution is 5.95. The van der Waals surface area contributed by atoms with Gasteiger partial charge in [0.2, 0.25) is 0 Å².